The van der Waals surface area contributed by atoms with Crippen LogP contribution in [0.25, 0.3) is 0 Å². The lowest BCUT2D eigenvalue weighted by Crippen LogP contribution is -2.49. The number of halogens is 1. The summed E-state index contributed by atoms with van der Waals surface area (Å²) in [4.78, 5) is 14.3. The number of benzene rings is 1. The molecule has 3 rings (SSSR count). The van der Waals surface area contributed by atoms with E-state index < -0.39 is 0 Å². The van der Waals surface area contributed by atoms with E-state index in [1.54, 1.807) is 6.07 Å². The average molecular weight is 349 g/mol. The van der Waals surface area contributed by atoms with E-state index in [4.69, 9.17) is 4.74 Å². The minimum atomic E-state index is -0.319. The Bertz CT molecular complexity index is 582. The molecule has 0 bridgehead atoms. The molecule has 0 atom stereocenters. The molecule has 1 aromatic carbocycles. The zero-order valence-corrected chi connectivity index (χ0v) is 14.9. The molecular formula is C19H28FN3O2. The van der Waals surface area contributed by atoms with E-state index in [1.165, 1.54) is 26.0 Å². The van der Waals surface area contributed by atoms with E-state index in [1.807, 2.05) is 6.07 Å². The van der Waals surface area contributed by atoms with Crippen molar-refractivity contribution in [1.82, 2.24) is 15.5 Å². The second-order valence-electron chi connectivity index (χ2n) is 7.12. The molecule has 1 aromatic rings. The average Bonchev–Trinajstić information content (AvgIpc) is 3.10. The molecule has 1 aliphatic heterocycles. The van der Waals surface area contributed by atoms with Gasteiger partial charge < -0.3 is 15.4 Å². The molecule has 1 saturated carbocycles. The van der Waals surface area contributed by atoms with Gasteiger partial charge in [-0.05, 0) is 43.4 Å². The fourth-order valence-electron chi connectivity index (χ4n) is 3.78. The van der Waals surface area contributed by atoms with Crippen molar-refractivity contribution in [2.24, 2.45) is 0 Å². The zero-order valence-electron chi connectivity index (χ0n) is 14.9. The lowest BCUT2D eigenvalue weighted by Gasteiger charge is -2.32. The predicted octanol–water partition coefficient (Wildman–Crippen LogP) is 3.04. The van der Waals surface area contributed by atoms with Crippen LogP contribution in [0, 0.1) is 5.82 Å². The molecule has 2 fully saturated rings. The number of amides is 2. The third kappa shape index (κ3) is 5.08. The summed E-state index contributed by atoms with van der Waals surface area (Å²) in [7, 11) is 1.47. The highest BCUT2D eigenvalue weighted by Crippen LogP contribution is 2.20. The number of carbonyl (C=O) groups is 1. The fourth-order valence-corrected chi connectivity index (χ4v) is 3.78. The number of nitrogens with one attached hydrogen (secondary N) is 2. The zero-order chi connectivity index (χ0) is 17.6. The summed E-state index contributed by atoms with van der Waals surface area (Å²) in [6.45, 7) is 2.53. The second kappa shape index (κ2) is 8.52. The molecule has 6 heteroatoms. The lowest BCUT2D eigenvalue weighted by molar-refractivity contribution is 0.185. The molecule has 1 heterocycles. The quantitative estimate of drug-likeness (QED) is 0.859. The van der Waals surface area contributed by atoms with Gasteiger partial charge in [-0.3, -0.25) is 4.90 Å². The first-order chi connectivity index (χ1) is 12.1. The highest BCUT2D eigenvalue weighted by atomic mass is 19.1. The first-order valence-electron chi connectivity index (χ1n) is 9.26. The van der Waals surface area contributed by atoms with E-state index in [9.17, 15) is 9.18 Å². The van der Waals surface area contributed by atoms with Crippen molar-refractivity contribution in [3.63, 3.8) is 0 Å². The Kier molecular flexibility index (Phi) is 6.13. The number of likely N-dealkylation sites (tertiary alicyclic amines) is 1. The van der Waals surface area contributed by atoms with Gasteiger partial charge in [0.15, 0.2) is 11.6 Å². The van der Waals surface area contributed by atoms with Crippen molar-refractivity contribution in [2.45, 2.75) is 57.2 Å². The molecule has 2 aliphatic rings. The summed E-state index contributed by atoms with van der Waals surface area (Å²) in [5, 5.41) is 6.18. The number of carbonyl (C=O) groups excluding carboxylic acids is 1. The van der Waals surface area contributed by atoms with Crippen LogP contribution in [0.15, 0.2) is 18.2 Å². The van der Waals surface area contributed by atoms with Crippen LogP contribution in [-0.2, 0) is 6.54 Å². The third-order valence-corrected chi connectivity index (χ3v) is 5.24. The summed E-state index contributed by atoms with van der Waals surface area (Å²) in [6, 6.07) is 5.67. The molecule has 25 heavy (non-hydrogen) atoms. The number of rotatable bonds is 5. The van der Waals surface area contributed by atoms with Gasteiger partial charge in [-0.2, -0.15) is 0 Å². The highest BCUT2D eigenvalue weighted by molar-refractivity contribution is 5.74. The summed E-state index contributed by atoms with van der Waals surface area (Å²) in [5.74, 6) is -0.0416. The maximum Gasteiger partial charge on any atom is 0.315 e. The van der Waals surface area contributed by atoms with Gasteiger partial charge in [0, 0.05) is 31.7 Å². The standard InChI is InChI=1S/C19H28FN3O2/c1-25-18-7-6-14(12-17(18)20)13-23-10-8-16(9-11-23)22-19(24)21-15-4-2-3-5-15/h6-7,12,15-16H,2-5,8-11,13H2,1H3,(H2,21,22,24). The monoisotopic (exact) mass is 349 g/mol. The van der Waals surface area contributed by atoms with Crippen molar-refractivity contribution in [1.29, 1.82) is 0 Å². The van der Waals surface area contributed by atoms with E-state index >= 15 is 0 Å². The van der Waals surface area contributed by atoms with E-state index in [0.717, 1.165) is 50.9 Å². The second-order valence-corrected chi connectivity index (χ2v) is 7.12. The van der Waals surface area contributed by atoms with Crippen LogP contribution in [0.4, 0.5) is 9.18 Å². The molecule has 1 aliphatic carbocycles. The lowest BCUT2D eigenvalue weighted by atomic mass is 10.0. The van der Waals surface area contributed by atoms with E-state index in [2.05, 4.69) is 15.5 Å². The fraction of sp³-hybridized carbons (Fsp3) is 0.632. The Morgan fingerprint density at radius 2 is 1.80 bits per heavy atom. The van der Waals surface area contributed by atoms with Crippen LogP contribution >= 0.6 is 0 Å². The number of piperidine rings is 1. The number of hydrogen-bond acceptors (Lipinski definition) is 3. The van der Waals surface area contributed by atoms with Gasteiger partial charge in [0.2, 0.25) is 0 Å². The van der Waals surface area contributed by atoms with Gasteiger partial charge >= 0.3 is 6.03 Å². The highest BCUT2D eigenvalue weighted by Gasteiger charge is 2.23. The number of methoxy groups -OCH3 is 1. The normalized spacial score (nSPS) is 19.8. The first-order valence-corrected chi connectivity index (χ1v) is 9.26. The maximum absolute atomic E-state index is 13.8. The molecule has 5 nitrogen and oxygen atoms in total. The summed E-state index contributed by atoms with van der Waals surface area (Å²) < 4.78 is 18.7. The SMILES string of the molecule is COc1ccc(CN2CCC(NC(=O)NC3CCCC3)CC2)cc1F. The molecule has 1 saturated heterocycles. The molecule has 138 valence electrons. The van der Waals surface area contributed by atoms with Crippen LogP contribution in [-0.4, -0.2) is 43.2 Å². The number of ether oxygens (including phenoxy) is 1. The first kappa shape index (κ1) is 18.0. The minimum absolute atomic E-state index is 0.0254. The molecule has 0 spiro atoms. The third-order valence-electron chi connectivity index (χ3n) is 5.24. The van der Waals surface area contributed by atoms with Crippen molar-refractivity contribution >= 4 is 6.03 Å². The topological polar surface area (TPSA) is 53.6 Å². The van der Waals surface area contributed by atoms with Crippen LogP contribution in [0.5, 0.6) is 5.75 Å². The van der Waals surface area contributed by atoms with Crippen LogP contribution in [0.3, 0.4) is 0 Å². The Morgan fingerprint density at radius 3 is 2.40 bits per heavy atom. The number of urea groups is 1. The maximum atomic E-state index is 13.8. The molecule has 0 radical (unpaired) electrons. The van der Waals surface area contributed by atoms with Gasteiger partial charge in [0.25, 0.3) is 0 Å². The van der Waals surface area contributed by atoms with Gasteiger partial charge in [0.1, 0.15) is 0 Å². The molecule has 0 aromatic heterocycles. The molecule has 2 N–H and O–H groups in total. The Balaban J connectivity index is 1.40. The van der Waals surface area contributed by atoms with Crippen molar-refractivity contribution in [3.05, 3.63) is 29.6 Å². The van der Waals surface area contributed by atoms with Crippen molar-refractivity contribution in [2.75, 3.05) is 20.2 Å². The van der Waals surface area contributed by atoms with Crippen molar-refractivity contribution in [3.8, 4) is 5.75 Å². The van der Waals surface area contributed by atoms with Crippen LogP contribution in [0.2, 0.25) is 0 Å². The van der Waals surface area contributed by atoms with Crippen LogP contribution < -0.4 is 15.4 Å². The van der Waals surface area contributed by atoms with Gasteiger partial charge in [-0.15, -0.1) is 0 Å². The summed E-state index contributed by atoms with van der Waals surface area (Å²) >= 11 is 0. The molecule has 0 unspecified atom stereocenters. The Hall–Kier alpha value is -1.82. The van der Waals surface area contributed by atoms with Crippen molar-refractivity contribution < 1.29 is 13.9 Å². The molecular weight excluding hydrogens is 321 g/mol. The largest absolute Gasteiger partial charge is 0.494 e. The van der Waals surface area contributed by atoms with Gasteiger partial charge in [-0.25, -0.2) is 9.18 Å². The molecule has 2 amide bonds. The van der Waals surface area contributed by atoms with E-state index in [0.29, 0.717) is 6.04 Å². The van der Waals surface area contributed by atoms with Gasteiger partial charge in [-0.1, -0.05) is 18.9 Å². The van der Waals surface area contributed by atoms with E-state index in [-0.39, 0.29) is 23.6 Å². The van der Waals surface area contributed by atoms with Gasteiger partial charge in [0.05, 0.1) is 7.11 Å². The number of nitrogens with zero attached hydrogens (tertiary/aromatic N) is 1. The Morgan fingerprint density at radius 1 is 1.16 bits per heavy atom. The summed E-state index contributed by atoms with van der Waals surface area (Å²) in [6.07, 6.45) is 6.49. The summed E-state index contributed by atoms with van der Waals surface area (Å²) in [5.41, 5.74) is 0.948. The number of hydrogen-bond donors (Lipinski definition) is 2. The smallest absolute Gasteiger partial charge is 0.315 e. The van der Waals surface area contributed by atoms with Crippen LogP contribution in [0.1, 0.15) is 44.1 Å². The minimum Gasteiger partial charge on any atom is -0.494 e. The predicted molar refractivity (Wildman–Crippen MR) is 95.2 cm³/mol. The Labute approximate surface area is 148 Å².